The van der Waals surface area contributed by atoms with Crippen LogP contribution in [0.2, 0.25) is 0 Å². The first-order valence-corrected chi connectivity index (χ1v) is 7.68. The maximum atomic E-state index is 14.2. The van der Waals surface area contributed by atoms with Crippen molar-refractivity contribution in [2.24, 2.45) is 0 Å². The van der Waals surface area contributed by atoms with Crippen molar-refractivity contribution in [3.8, 4) is 11.4 Å². The van der Waals surface area contributed by atoms with Crippen molar-refractivity contribution in [1.82, 2.24) is 20.6 Å². The fourth-order valence-corrected chi connectivity index (χ4v) is 2.48. The number of amides is 2. The van der Waals surface area contributed by atoms with E-state index in [1.165, 1.54) is 0 Å². The van der Waals surface area contributed by atoms with E-state index in [-0.39, 0.29) is 13.0 Å². The highest BCUT2D eigenvalue weighted by molar-refractivity contribution is 5.96. The summed E-state index contributed by atoms with van der Waals surface area (Å²) in [5.74, 6) is -6.67. The summed E-state index contributed by atoms with van der Waals surface area (Å²) in [6.45, 7) is 0.203. The molecule has 0 atom stereocenters. The molecule has 0 spiro atoms. The molecule has 1 aliphatic rings. The summed E-state index contributed by atoms with van der Waals surface area (Å²) in [7, 11) is 0. The Kier molecular flexibility index (Phi) is 4.81. The minimum absolute atomic E-state index is 0.198. The number of hydrogen-bond acceptors (Lipinski definition) is 5. The van der Waals surface area contributed by atoms with Crippen LogP contribution < -0.4 is 5.43 Å². The summed E-state index contributed by atoms with van der Waals surface area (Å²) in [4.78, 5) is 26.8. The molecule has 7 nitrogen and oxygen atoms in total. The zero-order valence-electron chi connectivity index (χ0n) is 13.4. The number of piperidine rings is 1. The largest absolute Gasteiger partial charge is 0.471 e. The molecular weight excluding hydrogens is 379 g/mol. The molecule has 0 bridgehead atoms. The van der Waals surface area contributed by atoms with Gasteiger partial charge in [0.15, 0.2) is 0 Å². The average molecular weight is 390 g/mol. The average Bonchev–Trinajstić information content (AvgIpc) is 3.06. The summed E-state index contributed by atoms with van der Waals surface area (Å²) in [5.41, 5.74) is 0.678. The predicted molar refractivity (Wildman–Crippen MR) is 77.7 cm³/mol. The smallest absolute Gasteiger partial charge is 0.329 e. The van der Waals surface area contributed by atoms with Crippen LogP contribution in [0.3, 0.4) is 0 Å². The molecule has 1 N–H and O–H groups in total. The summed E-state index contributed by atoms with van der Waals surface area (Å²) in [5, 5.41) is 3.99. The van der Waals surface area contributed by atoms with Crippen molar-refractivity contribution >= 4 is 11.8 Å². The Morgan fingerprint density at radius 2 is 1.85 bits per heavy atom. The molecule has 27 heavy (non-hydrogen) atoms. The van der Waals surface area contributed by atoms with Gasteiger partial charge in [-0.15, -0.1) is 0 Å². The highest BCUT2D eigenvalue weighted by atomic mass is 19.4. The van der Waals surface area contributed by atoms with Crippen LogP contribution in [-0.2, 0) is 11.0 Å². The van der Waals surface area contributed by atoms with Crippen LogP contribution in [0.5, 0.6) is 0 Å². The third-order valence-electron chi connectivity index (χ3n) is 3.76. The molecule has 2 heterocycles. The van der Waals surface area contributed by atoms with Crippen LogP contribution in [0, 0.1) is 11.6 Å². The van der Waals surface area contributed by atoms with Gasteiger partial charge in [-0.05, 0) is 25.0 Å². The van der Waals surface area contributed by atoms with Crippen molar-refractivity contribution in [1.29, 1.82) is 0 Å². The Morgan fingerprint density at radius 1 is 1.19 bits per heavy atom. The second kappa shape index (κ2) is 6.93. The maximum absolute atomic E-state index is 14.2. The zero-order chi connectivity index (χ0) is 19.8. The molecule has 1 aliphatic heterocycles. The number of benzene rings is 1. The van der Waals surface area contributed by atoms with Gasteiger partial charge in [0.1, 0.15) is 17.2 Å². The Morgan fingerprint density at radius 3 is 2.41 bits per heavy atom. The number of rotatable bonds is 3. The fourth-order valence-electron chi connectivity index (χ4n) is 2.48. The molecule has 1 aromatic heterocycles. The quantitative estimate of drug-likeness (QED) is 0.815. The van der Waals surface area contributed by atoms with Crippen molar-refractivity contribution in [3.63, 3.8) is 0 Å². The third kappa shape index (κ3) is 3.88. The minimum Gasteiger partial charge on any atom is -0.329 e. The molecule has 0 aliphatic carbocycles. The van der Waals surface area contributed by atoms with E-state index in [1.54, 1.807) is 0 Å². The molecule has 1 aromatic carbocycles. The summed E-state index contributed by atoms with van der Waals surface area (Å²) < 4.78 is 69.9. The third-order valence-corrected chi connectivity index (χ3v) is 3.76. The van der Waals surface area contributed by atoms with Gasteiger partial charge < -0.3 is 4.52 Å². The molecule has 3 rings (SSSR count). The first-order chi connectivity index (χ1) is 12.7. The molecule has 2 amide bonds. The van der Waals surface area contributed by atoms with Crippen LogP contribution in [0.1, 0.15) is 35.5 Å². The molecule has 12 heteroatoms. The number of aromatic nitrogens is 2. The number of alkyl halides is 3. The van der Waals surface area contributed by atoms with Gasteiger partial charge in [0, 0.05) is 18.5 Å². The van der Waals surface area contributed by atoms with E-state index >= 15 is 0 Å². The molecule has 1 saturated heterocycles. The molecular formula is C15H11F5N4O3. The number of carbonyl (C=O) groups is 2. The van der Waals surface area contributed by atoms with Gasteiger partial charge in [0.2, 0.25) is 11.7 Å². The van der Waals surface area contributed by atoms with Crippen molar-refractivity contribution in [3.05, 3.63) is 35.2 Å². The topological polar surface area (TPSA) is 88.3 Å². The van der Waals surface area contributed by atoms with Crippen LogP contribution in [0.25, 0.3) is 11.4 Å². The molecule has 144 valence electrons. The fraction of sp³-hybridized carbons (Fsp3) is 0.333. The van der Waals surface area contributed by atoms with E-state index < -0.39 is 52.5 Å². The molecule has 2 aromatic rings. The molecule has 0 saturated carbocycles. The van der Waals surface area contributed by atoms with Crippen LogP contribution in [0.4, 0.5) is 22.0 Å². The standard InChI is InChI=1S/C15H11F5N4O3/c16-8-5-7(12-21-14(27-23-12)15(18,19)20)6-9(17)11(8)13(26)22-24-4-2-1-3-10(24)25/h5-6H,1-4H2,(H,22,26). The van der Waals surface area contributed by atoms with Crippen molar-refractivity contribution in [2.75, 3.05) is 6.54 Å². The summed E-state index contributed by atoms with van der Waals surface area (Å²) in [6, 6.07) is 1.20. The van der Waals surface area contributed by atoms with E-state index in [0.717, 1.165) is 5.01 Å². The van der Waals surface area contributed by atoms with Gasteiger partial charge in [0.25, 0.3) is 5.91 Å². The first-order valence-electron chi connectivity index (χ1n) is 7.68. The van der Waals surface area contributed by atoms with E-state index in [0.29, 0.717) is 25.0 Å². The lowest BCUT2D eigenvalue weighted by molar-refractivity contribution is -0.159. The monoisotopic (exact) mass is 390 g/mol. The highest BCUT2D eigenvalue weighted by Crippen LogP contribution is 2.30. The van der Waals surface area contributed by atoms with Crippen molar-refractivity contribution in [2.45, 2.75) is 25.4 Å². The Bertz CT molecular complexity index is 873. The molecule has 0 radical (unpaired) electrons. The van der Waals surface area contributed by atoms with Gasteiger partial charge in [-0.2, -0.15) is 18.2 Å². The van der Waals surface area contributed by atoms with Gasteiger partial charge >= 0.3 is 12.1 Å². The summed E-state index contributed by atoms with van der Waals surface area (Å²) in [6.07, 6.45) is -3.45. The van der Waals surface area contributed by atoms with Crippen LogP contribution >= 0.6 is 0 Å². The van der Waals surface area contributed by atoms with E-state index in [2.05, 4.69) is 20.1 Å². The van der Waals surface area contributed by atoms with Crippen LogP contribution in [-0.4, -0.2) is 33.5 Å². The summed E-state index contributed by atoms with van der Waals surface area (Å²) >= 11 is 0. The van der Waals surface area contributed by atoms with Gasteiger partial charge in [-0.1, -0.05) is 5.16 Å². The van der Waals surface area contributed by atoms with E-state index in [9.17, 15) is 31.5 Å². The minimum atomic E-state index is -4.91. The van der Waals surface area contributed by atoms with Crippen molar-refractivity contribution < 1.29 is 36.1 Å². The number of carbonyl (C=O) groups excluding carboxylic acids is 2. The van der Waals surface area contributed by atoms with Gasteiger partial charge in [-0.3, -0.25) is 20.0 Å². The lowest BCUT2D eigenvalue weighted by atomic mass is 10.1. The molecule has 1 fully saturated rings. The number of nitrogens with zero attached hydrogens (tertiary/aromatic N) is 3. The SMILES string of the molecule is O=C(NN1CCCCC1=O)c1c(F)cc(-c2noc(C(F)(F)F)n2)cc1F. The number of hydrazine groups is 1. The predicted octanol–water partition coefficient (Wildman–Crippen LogP) is 2.69. The normalized spacial score (nSPS) is 15.1. The lowest BCUT2D eigenvalue weighted by Crippen LogP contribution is -2.48. The zero-order valence-corrected chi connectivity index (χ0v) is 13.4. The number of hydrogen-bond donors (Lipinski definition) is 1. The van der Waals surface area contributed by atoms with Crippen LogP contribution in [0.15, 0.2) is 16.7 Å². The van der Waals surface area contributed by atoms with E-state index in [4.69, 9.17) is 0 Å². The Balaban J connectivity index is 1.85. The Hall–Kier alpha value is -3.05. The number of nitrogens with one attached hydrogen (secondary N) is 1. The first kappa shape index (κ1) is 18.7. The lowest BCUT2D eigenvalue weighted by Gasteiger charge is -2.27. The second-order valence-electron chi connectivity index (χ2n) is 5.68. The maximum Gasteiger partial charge on any atom is 0.471 e. The van der Waals surface area contributed by atoms with Gasteiger partial charge in [0.05, 0.1) is 0 Å². The van der Waals surface area contributed by atoms with Gasteiger partial charge in [-0.25, -0.2) is 8.78 Å². The number of halogens is 5. The van der Waals surface area contributed by atoms with E-state index in [1.807, 2.05) is 0 Å². The Labute approximate surface area is 148 Å². The molecule has 0 unspecified atom stereocenters. The second-order valence-corrected chi connectivity index (χ2v) is 5.68. The highest BCUT2D eigenvalue weighted by Gasteiger charge is 2.38.